The fourth-order valence-electron chi connectivity index (χ4n) is 3.58. The molecular formula is C17H29BN2O. The minimum atomic E-state index is 0.0598. The van der Waals surface area contributed by atoms with E-state index in [4.69, 9.17) is 0 Å². The van der Waals surface area contributed by atoms with Gasteiger partial charge >= 0.3 is 0 Å². The summed E-state index contributed by atoms with van der Waals surface area (Å²) in [5.41, 5.74) is 1.75. The molecule has 2 unspecified atom stereocenters. The molecule has 116 valence electrons. The lowest BCUT2D eigenvalue weighted by molar-refractivity contribution is -0.113. The highest BCUT2D eigenvalue weighted by atomic mass is 16.1. The number of nitrogens with one attached hydrogen (secondary N) is 1. The van der Waals surface area contributed by atoms with Gasteiger partial charge in [-0.3, -0.25) is 4.79 Å². The zero-order valence-electron chi connectivity index (χ0n) is 13.8. The van der Waals surface area contributed by atoms with Gasteiger partial charge in [-0.1, -0.05) is 45.6 Å². The number of nitrogens with zero attached hydrogens (tertiary/aromatic N) is 1. The first kappa shape index (κ1) is 16.3. The molecule has 0 aromatic carbocycles. The lowest BCUT2D eigenvalue weighted by Gasteiger charge is -2.33. The smallest absolute Gasteiger partial charge is 0.157 e. The van der Waals surface area contributed by atoms with Crippen LogP contribution in [0.5, 0.6) is 0 Å². The second-order valence-electron chi connectivity index (χ2n) is 7.13. The Morgan fingerprint density at radius 3 is 2.52 bits per heavy atom. The molecule has 0 bridgehead atoms. The van der Waals surface area contributed by atoms with Gasteiger partial charge in [0.05, 0.1) is 6.04 Å². The van der Waals surface area contributed by atoms with E-state index in [1.165, 1.54) is 19.3 Å². The zero-order chi connectivity index (χ0) is 15.6. The van der Waals surface area contributed by atoms with Crippen LogP contribution in [0.2, 0.25) is 13.1 Å². The summed E-state index contributed by atoms with van der Waals surface area (Å²) in [5.74, 6) is 0.833. The van der Waals surface area contributed by atoms with Crippen molar-refractivity contribution in [2.24, 2.45) is 5.92 Å². The molecule has 1 aliphatic carbocycles. The molecule has 1 aliphatic heterocycles. The lowest BCUT2D eigenvalue weighted by atomic mass is 9.51. The summed E-state index contributed by atoms with van der Waals surface area (Å²) in [6, 6.07) is 0.438. The van der Waals surface area contributed by atoms with Gasteiger partial charge in [0.2, 0.25) is 0 Å². The predicted molar refractivity (Wildman–Crippen MR) is 90.7 cm³/mol. The van der Waals surface area contributed by atoms with Crippen molar-refractivity contribution in [3.63, 3.8) is 0 Å². The van der Waals surface area contributed by atoms with E-state index in [2.05, 4.69) is 37.2 Å². The van der Waals surface area contributed by atoms with E-state index in [9.17, 15) is 4.79 Å². The van der Waals surface area contributed by atoms with Crippen LogP contribution in [0.25, 0.3) is 0 Å². The Bertz CT molecular complexity index is 431. The molecule has 2 fully saturated rings. The second-order valence-corrected chi connectivity index (χ2v) is 7.13. The molecule has 4 heteroatoms. The number of ketones is 1. The van der Waals surface area contributed by atoms with Crippen molar-refractivity contribution in [1.82, 2.24) is 10.2 Å². The van der Waals surface area contributed by atoms with Crippen LogP contribution in [0.1, 0.15) is 32.6 Å². The van der Waals surface area contributed by atoms with Crippen LogP contribution in [0.3, 0.4) is 0 Å². The average molecular weight is 288 g/mol. The van der Waals surface area contributed by atoms with Crippen molar-refractivity contribution in [3.8, 4) is 0 Å². The number of Topliss-reactive ketones (excluding diaryl/α,β-unsaturated/α-hetero) is 1. The van der Waals surface area contributed by atoms with Gasteiger partial charge in [-0.05, 0) is 32.8 Å². The maximum absolute atomic E-state index is 11.7. The number of likely N-dealkylation sites (N-methyl/N-ethyl adjacent to an activating group) is 1. The summed E-state index contributed by atoms with van der Waals surface area (Å²) in [7, 11) is 2.15. The van der Waals surface area contributed by atoms with Crippen LogP contribution in [0.4, 0.5) is 0 Å². The molecule has 0 amide bonds. The normalized spacial score (nSPS) is 24.5. The third-order valence-corrected chi connectivity index (χ3v) is 5.19. The summed E-state index contributed by atoms with van der Waals surface area (Å²) >= 11 is 0. The lowest BCUT2D eigenvalue weighted by Crippen LogP contribution is -2.41. The SMILES string of the molecule is C=C(C(C)=O)C(CC1CCC1)NC(=C)C1CB(C)CN1C. The van der Waals surface area contributed by atoms with Crippen molar-refractivity contribution in [2.75, 3.05) is 13.5 Å². The van der Waals surface area contributed by atoms with Gasteiger partial charge in [0.25, 0.3) is 0 Å². The molecule has 21 heavy (non-hydrogen) atoms. The van der Waals surface area contributed by atoms with Crippen molar-refractivity contribution in [2.45, 2.75) is 57.8 Å². The molecule has 0 spiro atoms. The van der Waals surface area contributed by atoms with Gasteiger partial charge in [-0.2, -0.15) is 0 Å². The van der Waals surface area contributed by atoms with Crippen LogP contribution in [0, 0.1) is 5.92 Å². The van der Waals surface area contributed by atoms with Crippen molar-refractivity contribution in [1.29, 1.82) is 0 Å². The first-order chi connectivity index (χ1) is 9.88. The van der Waals surface area contributed by atoms with Crippen LogP contribution in [-0.2, 0) is 4.79 Å². The van der Waals surface area contributed by atoms with Crippen LogP contribution >= 0.6 is 0 Å². The summed E-state index contributed by atoms with van der Waals surface area (Å²) in [6.07, 6.45) is 7.18. The van der Waals surface area contributed by atoms with Gasteiger partial charge in [-0.15, -0.1) is 0 Å². The summed E-state index contributed by atoms with van der Waals surface area (Å²) in [5, 5.41) is 3.53. The molecule has 1 saturated heterocycles. The molecule has 2 aliphatic rings. The number of hydrogen-bond acceptors (Lipinski definition) is 3. The molecule has 1 saturated carbocycles. The van der Waals surface area contributed by atoms with E-state index in [1.54, 1.807) is 6.92 Å². The fraction of sp³-hybridized carbons (Fsp3) is 0.706. The first-order valence-electron chi connectivity index (χ1n) is 8.23. The van der Waals surface area contributed by atoms with E-state index in [0.29, 0.717) is 18.3 Å². The molecule has 0 radical (unpaired) electrons. The molecule has 2 rings (SSSR count). The minimum absolute atomic E-state index is 0.0598. The third-order valence-electron chi connectivity index (χ3n) is 5.19. The topological polar surface area (TPSA) is 32.3 Å². The second kappa shape index (κ2) is 6.82. The molecule has 2 atom stereocenters. The molecular weight excluding hydrogens is 259 g/mol. The minimum Gasteiger partial charge on any atom is -0.381 e. The average Bonchev–Trinajstić information content (AvgIpc) is 2.70. The number of rotatable bonds is 7. The van der Waals surface area contributed by atoms with Crippen molar-refractivity contribution >= 4 is 12.5 Å². The predicted octanol–water partition coefficient (Wildman–Crippen LogP) is 2.77. The van der Waals surface area contributed by atoms with E-state index in [0.717, 1.165) is 30.8 Å². The van der Waals surface area contributed by atoms with Crippen molar-refractivity contribution in [3.05, 3.63) is 24.4 Å². The van der Waals surface area contributed by atoms with Crippen LogP contribution in [0.15, 0.2) is 24.4 Å². The fourth-order valence-corrected chi connectivity index (χ4v) is 3.58. The van der Waals surface area contributed by atoms with E-state index >= 15 is 0 Å². The van der Waals surface area contributed by atoms with Gasteiger partial charge < -0.3 is 10.2 Å². The Kier molecular flexibility index (Phi) is 5.31. The quantitative estimate of drug-likeness (QED) is 0.577. The Morgan fingerprint density at radius 2 is 2.10 bits per heavy atom. The van der Waals surface area contributed by atoms with Crippen LogP contribution < -0.4 is 5.32 Å². The highest BCUT2D eigenvalue weighted by Gasteiger charge is 2.32. The van der Waals surface area contributed by atoms with E-state index in [-0.39, 0.29) is 11.8 Å². The molecule has 0 aromatic heterocycles. The molecule has 1 heterocycles. The number of carbonyl (C=O) groups excluding carboxylic acids is 1. The maximum Gasteiger partial charge on any atom is 0.157 e. The van der Waals surface area contributed by atoms with Gasteiger partial charge in [0, 0.05) is 17.3 Å². The van der Waals surface area contributed by atoms with Crippen molar-refractivity contribution < 1.29 is 4.79 Å². The van der Waals surface area contributed by atoms with Gasteiger partial charge in [0.1, 0.15) is 0 Å². The zero-order valence-corrected chi connectivity index (χ0v) is 13.8. The van der Waals surface area contributed by atoms with Crippen LogP contribution in [-0.4, -0.2) is 43.0 Å². The van der Waals surface area contributed by atoms with E-state index in [1.807, 2.05) is 0 Å². The number of carbonyl (C=O) groups is 1. The Morgan fingerprint density at radius 1 is 1.43 bits per heavy atom. The maximum atomic E-state index is 11.7. The standard InChI is InChI=1S/C17H29BN2O/c1-12(14(3)21)16(9-15-7-6-8-15)19-13(2)17-10-18(4)11-20(17)5/h15-17,19H,1-2,6-11H2,3-5H3. The summed E-state index contributed by atoms with van der Waals surface area (Å²) in [6.45, 7) is 12.9. The molecule has 1 N–H and O–H groups in total. The third kappa shape index (κ3) is 4.00. The molecule has 0 aromatic rings. The molecule has 3 nitrogen and oxygen atoms in total. The largest absolute Gasteiger partial charge is 0.381 e. The van der Waals surface area contributed by atoms with Gasteiger partial charge in [-0.25, -0.2) is 0 Å². The Labute approximate surface area is 129 Å². The monoisotopic (exact) mass is 288 g/mol. The number of hydrogen-bond donors (Lipinski definition) is 1. The first-order valence-corrected chi connectivity index (χ1v) is 8.23. The summed E-state index contributed by atoms with van der Waals surface area (Å²) in [4.78, 5) is 14.1. The Hall–Kier alpha value is -1.03. The Balaban J connectivity index is 1.98. The summed E-state index contributed by atoms with van der Waals surface area (Å²) < 4.78 is 0. The van der Waals surface area contributed by atoms with E-state index < -0.39 is 0 Å². The van der Waals surface area contributed by atoms with Gasteiger partial charge in [0.15, 0.2) is 12.5 Å². The highest BCUT2D eigenvalue weighted by Crippen LogP contribution is 2.32. The highest BCUT2D eigenvalue weighted by molar-refractivity contribution is 6.58.